The molecule has 2 saturated carbocycles. The van der Waals surface area contributed by atoms with Gasteiger partial charge in [0.05, 0.1) is 12.3 Å². The highest BCUT2D eigenvalue weighted by Crippen LogP contribution is 2.39. The number of amides is 1. The highest BCUT2D eigenvalue weighted by atomic mass is 19.4. The first-order chi connectivity index (χ1) is 18.2. The molecule has 5 rings (SSSR count). The number of alkyl halides is 7. The summed E-state index contributed by atoms with van der Waals surface area (Å²) in [5.41, 5.74) is -1.84. The molecule has 0 aromatic carbocycles. The number of fused-ring (bicyclic) bond motifs is 1. The molecule has 1 amide bonds. The Kier molecular flexibility index (Phi) is 6.59. The number of rotatable bonds is 7. The number of H-pyrrole nitrogens is 1. The van der Waals surface area contributed by atoms with Gasteiger partial charge in [0.2, 0.25) is 5.95 Å². The second-order valence-electron chi connectivity index (χ2n) is 9.80. The minimum atomic E-state index is -4.96. The second kappa shape index (κ2) is 9.53. The largest absolute Gasteiger partial charge is 0.522 e. The molecule has 0 bridgehead atoms. The number of halogens is 7. The Bertz CT molecular complexity index is 1370. The maximum absolute atomic E-state index is 14.6. The van der Waals surface area contributed by atoms with E-state index in [-0.39, 0.29) is 35.5 Å². The zero-order valence-electron chi connectivity index (χ0n) is 20.2. The number of hydrogen-bond acceptors (Lipinski definition) is 7. The van der Waals surface area contributed by atoms with E-state index in [0.717, 1.165) is 23.4 Å². The molecule has 39 heavy (non-hydrogen) atoms. The number of nitrogens with one attached hydrogen (secondary N) is 3. The van der Waals surface area contributed by atoms with E-state index in [4.69, 9.17) is 4.74 Å². The Balaban J connectivity index is 1.32. The van der Waals surface area contributed by atoms with Gasteiger partial charge < -0.3 is 15.4 Å². The van der Waals surface area contributed by atoms with Crippen LogP contribution in [-0.2, 0) is 22.3 Å². The van der Waals surface area contributed by atoms with E-state index in [9.17, 15) is 35.5 Å². The molecule has 0 saturated heterocycles. The quantitative estimate of drug-likeness (QED) is 0.341. The van der Waals surface area contributed by atoms with Crippen LogP contribution in [0.3, 0.4) is 0 Å². The van der Waals surface area contributed by atoms with Gasteiger partial charge in [-0.15, -0.1) is 13.2 Å². The van der Waals surface area contributed by atoms with E-state index >= 15 is 0 Å². The van der Waals surface area contributed by atoms with E-state index in [1.54, 1.807) is 0 Å². The molecule has 17 heteroatoms. The van der Waals surface area contributed by atoms with Crippen LogP contribution < -0.4 is 10.6 Å². The van der Waals surface area contributed by atoms with Crippen LogP contribution in [0.1, 0.15) is 55.6 Å². The summed E-state index contributed by atoms with van der Waals surface area (Å²) in [5.74, 6) is -0.838. The summed E-state index contributed by atoms with van der Waals surface area (Å²) in [5, 5.41) is 12.0. The number of hydrogen-bond donors (Lipinski definition) is 3. The van der Waals surface area contributed by atoms with Crippen molar-refractivity contribution >= 4 is 23.5 Å². The zero-order chi connectivity index (χ0) is 28.2. The van der Waals surface area contributed by atoms with Crippen molar-refractivity contribution in [3.05, 3.63) is 35.4 Å². The number of alkyl carbamates (subject to hydrolysis) is 1. The third-order valence-corrected chi connectivity index (χ3v) is 6.55. The number of nitrogens with zero attached hydrogens (tertiary/aromatic N) is 4. The molecule has 2 aliphatic carbocycles. The smallest absolute Gasteiger partial charge is 0.443 e. The van der Waals surface area contributed by atoms with Gasteiger partial charge in [-0.2, -0.15) is 18.3 Å². The summed E-state index contributed by atoms with van der Waals surface area (Å²) in [7, 11) is 0. The number of imidazole rings is 1. The topological polar surface area (TPSA) is 118 Å². The molecule has 0 aliphatic heterocycles. The van der Waals surface area contributed by atoms with Crippen LogP contribution in [0.25, 0.3) is 5.65 Å². The minimum absolute atomic E-state index is 0.0130. The first-order valence-corrected chi connectivity index (χ1v) is 11.8. The monoisotopic (exact) mass is 565 g/mol. The van der Waals surface area contributed by atoms with Gasteiger partial charge in [0.15, 0.2) is 11.5 Å². The van der Waals surface area contributed by atoms with E-state index in [1.807, 2.05) is 6.92 Å². The lowest BCUT2D eigenvalue weighted by atomic mass is 10.0. The van der Waals surface area contributed by atoms with Crippen LogP contribution in [-0.4, -0.2) is 54.8 Å². The summed E-state index contributed by atoms with van der Waals surface area (Å²) in [4.78, 5) is 19.4. The molecule has 0 radical (unpaired) electrons. The van der Waals surface area contributed by atoms with Gasteiger partial charge in [-0.25, -0.2) is 19.2 Å². The van der Waals surface area contributed by atoms with Crippen LogP contribution in [0.2, 0.25) is 0 Å². The van der Waals surface area contributed by atoms with Gasteiger partial charge in [0.25, 0.3) is 0 Å². The molecule has 3 atom stereocenters. The van der Waals surface area contributed by atoms with Crippen LogP contribution >= 0.6 is 0 Å². The maximum atomic E-state index is 14.6. The van der Waals surface area contributed by atoms with Crippen LogP contribution in [0.5, 0.6) is 0 Å². The number of carbonyl (C=O) groups excluding carboxylic acids is 1. The molecule has 3 aromatic heterocycles. The second-order valence-corrected chi connectivity index (χ2v) is 9.80. The molecule has 3 aromatic rings. The van der Waals surface area contributed by atoms with Gasteiger partial charge in [-0.3, -0.25) is 14.2 Å². The zero-order valence-corrected chi connectivity index (χ0v) is 20.2. The Morgan fingerprint density at radius 3 is 2.59 bits per heavy atom. The predicted molar refractivity (Wildman–Crippen MR) is 119 cm³/mol. The van der Waals surface area contributed by atoms with Crippen LogP contribution in [0, 0.1) is 0 Å². The molecular formula is C22H22F7N7O3. The average molecular weight is 565 g/mol. The molecule has 3 heterocycles. The summed E-state index contributed by atoms with van der Waals surface area (Å²) in [6, 6.07) is 2.02. The Morgan fingerprint density at radius 2 is 1.92 bits per heavy atom. The van der Waals surface area contributed by atoms with Crippen molar-refractivity contribution < 1.29 is 45.0 Å². The van der Waals surface area contributed by atoms with Crippen LogP contribution in [0.15, 0.2) is 18.3 Å². The van der Waals surface area contributed by atoms with Gasteiger partial charge in [-0.05, 0) is 32.6 Å². The van der Waals surface area contributed by atoms with Gasteiger partial charge >= 0.3 is 18.6 Å². The van der Waals surface area contributed by atoms with Gasteiger partial charge in [0.1, 0.15) is 17.9 Å². The molecule has 0 spiro atoms. The lowest BCUT2D eigenvalue weighted by Crippen LogP contribution is -2.38. The molecule has 212 valence electrons. The third-order valence-electron chi connectivity index (χ3n) is 6.55. The average Bonchev–Trinajstić information content (AvgIpc) is 3.19. The van der Waals surface area contributed by atoms with Gasteiger partial charge in [-0.1, -0.05) is 0 Å². The van der Waals surface area contributed by atoms with E-state index in [2.05, 4.69) is 35.5 Å². The van der Waals surface area contributed by atoms with Crippen molar-refractivity contribution in [3.63, 3.8) is 0 Å². The van der Waals surface area contributed by atoms with E-state index < -0.39 is 55.1 Å². The van der Waals surface area contributed by atoms with Crippen molar-refractivity contribution in [2.75, 3.05) is 5.32 Å². The number of aromatic amines is 1. The highest BCUT2D eigenvalue weighted by Gasteiger charge is 2.42. The number of ether oxygens (including phenoxy) is 2. The standard InChI is InChI=1S/C22H22F7N7O3/c1-20(2-3-20)33-19(37)39-14-5-10(4-12(14)23)13-6-16(35-34-13)32-18-31-15(21(24,25)26)7-17-30-11(8-36(17)18)9-38-22(27,28)29/h6-8,10,12,14H,2-5,9H2,1H3,(H,33,37)(H2,31,32,34,35)/t10-,12+,14-/m0/s1. The molecular weight excluding hydrogens is 543 g/mol. The fourth-order valence-corrected chi connectivity index (χ4v) is 4.27. The lowest BCUT2D eigenvalue weighted by Gasteiger charge is -2.17. The first kappa shape index (κ1) is 27.0. The fourth-order valence-electron chi connectivity index (χ4n) is 4.27. The lowest BCUT2D eigenvalue weighted by molar-refractivity contribution is -0.330. The van der Waals surface area contributed by atoms with E-state index in [0.29, 0.717) is 11.8 Å². The van der Waals surface area contributed by atoms with Crippen molar-refractivity contribution in [2.45, 2.75) is 75.5 Å². The Hall–Kier alpha value is -3.63. The highest BCUT2D eigenvalue weighted by molar-refractivity contribution is 5.69. The number of aromatic nitrogens is 5. The Labute approximate surface area is 215 Å². The Morgan fingerprint density at radius 1 is 1.18 bits per heavy atom. The summed E-state index contributed by atoms with van der Waals surface area (Å²) in [6.45, 7) is 0.830. The fraction of sp³-hybridized carbons (Fsp3) is 0.545. The first-order valence-electron chi connectivity index (χ1n) is 11.8. The third kappa shape index (κ3) is 6.34. The minimum Gasteiger partial charge on any atom is -0.443 e. The van der Waals surface area contributed by atoms with Crippen molar-refractivity contribution in [2.24, 2.45) is 0 Å². The maximum Gasteiger partial charge on any atom is 0.522 e. The molecule has 3 N–H and O–H groups in total. The summed E-state index contributed by atoms with van der Waals surface area (Å²) >= 11 is 0. The molecule has 0 unspecified atom stereocenters. The summed E-state index contributed by atoms with van der Waals surface area (Å²) in [6.07, 6.45) is -10.1. The molecule has 2 aliphatic rings. The summed E-state index contributed by atoms with van der Waals surface area (Å²) < 4.78 is 102. The SMILES string of the molecule is CC1(NC(=O)O[C@H]2C[C@@H](c3cc(Nc4nc(C(F)(F)F)cc5nc(COC(F)(F)F)cn45)n[nH]3)C[C@H]2F)CC1. The number of anilines is 2. The predicted octanol–water partition coefficient (Wildman–Crippen LogP) is 5.11. The van der Waals surface area contributed by atoms with Crippen molar-refractivity contribution in [1.82, 2.24) is 29.9 Å². The van der Waals surface area contributed by atoms with Crippen molar-refractivity contribution in [3.8, 4) is 0 Å². The van der Waals surface area contributed by atoms with Gasteiger partial charge in [0, 0.05) is 35.5 Å². The van der Waals surface area contributed by atoms with Crippen LogP contribution in [0.4, 0.5) is 47.3 Å². The molecule has 10 nitrogen and oxygen atoms in total. The number of carbonyl (C=O) groups is 1. The molecule has 2 fully saturated rings. The van der Waals surface area contributed by atoms with Crippen molar-refractivity contribution in [1.29, 1.82) is 0 Å². The van der Waals surface area contributed by atoms with E-state index in [1.165, 1.54) is 6.07 Å². The normalized spacial score (nSPS) is 22.7.